The highest BCUT2D eigenvalue weighted by atomic mass is 19.2. The number of ether oxygens (including phenoxy) is 1. The van der Waals surface area contributed by atoms with Crippen LogP contribution < -0.4 is 20.4 Å². The van der Waals surface area contributed by atoms with Crippen molar-refractivity contribution in [2.45, 2.75) is 39.0 Å². The summed E-state index contributed by atoms with van der Waals surface area (Å²) in [6, 6.07) is 7.67. The number of carbonyl (C=O) groups is 1. The highest BCUT2D eigenvalue weighted by Gasteiger charge is 2.24. The van der Waals surface area contributed by atoms with E-state index in [1.807, 2.05) is 17.0 Å². The number of aromatic nitrogens is 1. The molecule has 2 aliphatic rings. The van der Waals surface area contributed by atoms with Gasteiger partial charge in [-0.25, -0.2) is 18.6 Å². The van der Waals surface area contributed by atoms with Crippen molar-refractivity contribution >= 4 is 17.5 Å². The first kappa shape index (κ1) is 23.2. The van der Waals surface area contributed by atoms with Crippen LogP contribution in [-0.4, -0.2) is 55.9 Å². The minimum absolute atomic E-state index is 0.171. The number of halogens is 2. The molecule has 3 unspecified atom stereocenters. The van der Waals surface area contributed by atoms with Gasteiger partial charge in [-0.15, -0.1) is 0 Å². The zero-order chi connectivity index (χ0) is 23.4. The molecule has 9 heteroatoms. The molecule has 1 aromatic heterocycles. The van der Waals surface area contributed by atoms with Crippen LogP contribution in [0, 0.1) is 17.6 Å². The van der Waals surface area contributed by atoms with Crippen molar-refractivity contribution in [3.05, 3.63) is 53.7 Å². The third kappa shape index (κ3) is 6.10. The van der Waals surface area contributed by atoms with E-state index < -0.39 is 11.6 Å². The van der Waals surface area contributed by atoms with Crippen molar-refractivity contribution < 1.29 is 18.3 Å². The number of pyridine rings is 1. The lowest BCUT2D eigenvalue weighted by Crippen LogP contribution is -2.45. The summed E-state index contributed by atoms with van der Waals surface area (Å²) in [4.78, 5) is 21.0. The molecule has 0 radical (unpaired) electrons. The first-order valence-electron chi connectivity index (χ1n) is 11.4. The fourth-order valence-corrected chi connectivity index (χ4v) is 4.47. The summed E-state index contributed by atoms with van der Waals surface area (Å²) < 4.78 is 32.4. The minimum atomic E-state index is -0.844. The molecular formula is C24H31F2N5O2. The lowest BCUT2D eigenvalue weighted by Gasteiger charge is -2.36. The second-order valence-electron chi connectivity index (χ2n) is 8.95. The summed E-state index contributed by atoms with van der Waals surface area (Å²) in [6.45, 7) is 8.10. The Balaban J connectivity index is 1.19. The number of nitrogens with one attached hydrogen (secondary N) is 2. The maximum absolute atomic E-state index is 13.5. The summed E-state index contributed by atoms with van der Waals surface area (Å²) in [6.07, 6.45) is 3.01. The van der Waals surface area contributed by atoms with Crippen LogP contribution in [0.1, 0.15) is 25.8 Å². The van der Waals surface area contributed by atoms with Crippen LogP contribution in [0.4, 0.5) is 25.1 Å². The molecule has 4 rings (SSSR count). The van der Waals surface area contributed by atoms with Gasteiger partial charge in [0.1, 0.15) is 5.82 Å². The van der Waals surface area contributed by atoms with Crippen molar-refractivity contribution in [3.63, 3.8) is 0 Å². The summed E-state index contributed by atoms with van der Waals surface area (Å²) in [7, 11) is 0. The predicted octanol–water partition coefficient (Wildman–Crippen LogP) is 3.30. The van der Waals surface area contributed by atoms with E-state index in [9.17, 15) is 13.6 Å². The zero-order valence-corrected chi connectivity index (χ0v) is 19.1. The molecule has 0 spiro atoms. The number of carbonyl (C=O) groups excluding carboxylic acids is 1. The first-order chi connectivity index (χ1) is 15.9. The number of amides is 2. The lowest BCUT2D eigenvalue weighted by atomic mass is 10.1. The quantitative estimate of drug-likeness (QED) is 0.694. The van der Waals surface area contributed by atoms with Gasteiger partial charge in [0.25, 0.3) is 0 Å². The van der Waals surface area contributed by atoms with E-state index in [0.717, 1.165) is 43.5 Å². The van der Waals surface area contributed by atoms with Crippen molar-refractivity contribution in [1.29, 1.82) is 0 Å². The van der Waals surface area contributed by atoms with Gasteiger partial charge >= 0.3 is 6.03 Å². The number of nitrogens with zero attached hydrogens (tertiary/aromatic N) is 3. The number of hydrogen-bond acceptors (Lipinski definition) is 5. The highest BCUT2D eigenvalue weighted by Crippen LogP contribution is 2.25. The average Bonchev–Trinajstić information content (AvgIpc) is 3.27. The molecular weight excluding hydrogens is 428 g/mol. The zero-order valence-electron chi connectivity index (χ0n) is 19.1. The maximum atomic E-state index is 13.5. The van der Waals surface area contributed by atoms with Crippen molar-refractivity contribution in [2.75, 3.05) is 42.5 Å². The molecule has 2 fully saturated rings. The van der Waals surface area contributed by atoms with Gasteiger partial charge in [0.2, 0.25) is 0 Å². The Kier molecular flexibility index (Phi) is 7.27. The van der Waals surface area contributed by atoms with Gasteiger partial charge in [0, 0.05) is 57.2 Å². The van der Waals surface area contributed by atoms with Crippen LogP contribution in [0.5, 0.6) is 0 Å². The number of hydrogen-bond donors (Lipinski definition) is 2. The second kappa shape index (κ2) is 10.3. The Morgan fingerprint density at radius 3 is 2.55 bits per heavy atom. The van der Waals surface area contributed by atoms with Crippen LogP contribution in [0.3, 0.4) is 0 Å². The largest absolute Gasteiger partial charge is 0.372 e. The lowest BCUT2D eigenvalue weighted by molar-refractivity contribution is -0.00546. The van der Waals surface area contributed by atoms with Crippen LogP contribution >= 0.6 is 0 Å². The third-order valence-corrected chi connectivity index (χ3v) is 6.11. The van der Waals surface area contributed by atoms with Gasteiger partial charge in [0.05, 0.1) is 12.2 Å². The Bertz CT molecular complexity index is 948. The summed E-state index contributed by atoms with van der Waals surface area (Å²) in [5.41, 5.74) is 1.59. The van der Waals surface area contributed by atoms with Gasteiger partial charge in [-0.3, -0.25) is 0 Å². The molecule has 178 valence electrons. The highest BCUT2D eigenvalue weighted by molar-refractivity contribution is 5.73. The topological polar surface area (TPSA) is 69.7 Å². The van der Waals surface area contributed by atoms with Crippen molar-refractivity contribution in [2.24, 2.45) is 5.92 Å². The molecule has 0 bridgehead atoms. The molecule has 33 heavy (non-hydrogen) atoms. The van der Waals surface area contributed by atoms with Gasteiger partial charge in [-0.1, -0.05) is 6.07 Å². The molecule has 7 nitrogen and oxygen atoms in total. The van der Waals surface area contributed by atoms with Crippen molar-refractivity contribution in [3.8, 4) is 0 Å². The smallest absolute Gasteiger partial charge is 0.315 e. The van der Waals surface area contributed by atoms with E-state index in [1.54, 1.807) is 12.3 Å². The van der Waals surface area contributed by atoms with Crippen molar-refractivity contribution in [1.82, 2.24) is 15.6 Å². The Labute approximate surface area is 193 Å². The predicted molar refractivity (Wildman–Crippen MR) is 123 cm³/mol. The molecule has 3 atom stereocenters. The molecule has 0 saturated carbocycles. The first-order valence-corrected chi connectivity index (χ1v) is 11.4. The molecule has 2 saturated heterocycles. The molecule has 2 N–H and O–H groups in total. The summed E-state index contributed by atoms with van der Waals surface area (Å²) in [5.74, 6) is -0.520. The number of morpholine rings is 1. The SMILES string of the molecule is CC1CN(c2ccc(CNC(=O)NCC3CCN(c4ccc(F)c(F)c4)C3)cn2)CC(C)O1. The summed E-state index contributed by atoms with van der Waals surface area (Å²) >= 11 is 0. The number of urea groups is 1. The average molecular weight is 460 g/mol. The monoisotopic (exact) mass is 459 g/mol. The van der Waals surface area contributed by atoms with E-state index in [0.29, 0.717) is 25.3 Å². The Morgan fingerprint density at radius 1 is 1.06 bits per heavy atom. The molecule has 1 aromatic carbocycles. The van der Waals surface area contributed by atoms with E-state index in [2.05, 4.69) is 34.4 Å². The molecule has 0 aliphatic carbocycles. The Hall–Kier alpha value is -2.94. The molecule has 3 heterocycles. The second-order valence-corrected chi connectivity index (χ2v) is 8.95. The third-order valence-electron chi connectivity index (χ3n) is 6.11. The van der Waals surface area contributed by atoms with Gasteiger partial charge in [-0.2, -0.15) is 0 Å². The van der Waals surface area contributed by atoms with Gasteiger partial charge in [0.15, 0.2) is 11.6 Å². The summed E-state index contributed by atoms with van der Waals surface area (Å²) in [5, 5.41) is 5.77. The number of anilines is 2. The number of rotatable bonds is 6. The van der Waals surface area contributed by atoms with E-state index >= 15 is 0 Å². The standard InChI is InChI=1S/C24H31F2N5O2/c1-16-13-31(14-17(2)33-16)23-6-3-18(10-27-23)11-28-24(32)29-12-19-7-8-30(15-19)20-4-5-21(25)22(26)9-20/h3-6,9-10,16-17,19H,7-8,11-15H2,1-2H3,(H2,28,29,32). The van der Waals surface area contributed by atoms with Gasteiger partial charge in [-0.05, 0) is 49.9 Å². The van der Waals surface area contributed by atoms with E-state index in [1.165, 1.54) is 6.07 Å². The van der Waals surface area contributed by atoms with Gasteiger partial charge < -0.3 is 25.2 Å². The van der Waals surface area contributed by atoms with E-state index in [4.69, 9.17) is 4.74 Å². The van der Waals surface area contributed by atoms with Crippen LogP contribution in [0.2, 0.25) is 0 Å². The van der Waals surface area contributed by atoms with Crippen LogP contribution in [-0.2, 0) is 11.3 Å². The maximum Gasteiger partial charge on any atom is 0.315 e. The fourth-order valence-electron chi connectivity index (χ4n) is 4.47. The molecule has 2 amide bonds. The van der Waals surface area contributed by atoms with E-state index in [-0.39, 0.29) is 24.2 Å². The van der Waals surface area contributed by atoms with Crippen LogP contribution in [0.15, 0.2) is 36.5 Å². The molecule has 2 aromatic rings. The Morgan fingerprint density at radius 2 is 1.85 bits per heavy atom. The number of benzene rings is 1. The minimum Gasteiger partial charge on any atom is -0.372 e. The normalized spacial score (nSPS) is 23.0. The fraction of sp³-hybridized carbons (Fsp3) is 0.500. The van der Waals surface area contributed by atoms with Crippen LogP contribution in [0.25, 0.3) is 0 Å². The molecule has 2 aliphatic heterocycles.